The predicted molar refractivity (Wildman–Crippen MR) is 75.4 cm³/mol. The molecule has 1 unspecified atom stereocenters. The summed E-state index contributed by atoms with van der Waals surface area (Å²) in [6, 6.07) is -0.978. The molecule has 0 amide bonds. The van der Waals surface area contributed by atoms with E-state index in [1.165, 1.54) is 11.8 Å². The van der Waals surface area contributed by atoms with Crippen LogP contribution >= 0.6 is 0 Å². The van der Waals surface area contributed by atoms with E-state index >= 15 is 0 Å². The molecule has 0 aliphatic rings. The molecule has 2 N–H and O–H groups in total. The Morgan fingerprint density at radius 2 is 2.29 bits per heavy atom. The maximum atomic E-state index is 11.2. The van der Waals surface area contributed by atoms with Crippen molar-refractivity contribution in [1.29, 1.82) is 0 Å². The summed E-state index contributed by atoms with van der Waals surface area (Å²) in [4.78, 5) is 21.9. The maximum absolute atomic E-state index is 11.2. The number of hydrogen-bond acceptors (Lipinski definition) is 6. The number of aromatic nitrogens is 2. The van der Waals surface area contributed by atoms with Gasteiger partial charge in [0, 0.05) is 27.2 Å². The van der Waals surface area contributed by atoms with Crippen molar-refractivity contribution in [3.63, 3.8) is 0 Å². The van der Waals surface area contributed by atoms with Gasteiger partial charge in [-0.05, 0) is 6.42 Å². The van der Waals surface area contributed by atoms with Crippen LogP contribution in [-0.2, 0) is 23.0 Å². The molecule has 0 saturated carbocycles. The van der Waals surface area contributed by atoms with Crippen LogP contribution < -0.4 is 5.32 Å². The Morgan fingerprint density at radius 3 is 2.76 bits per heavy atom. The molecule has 0 spiro atoms. The van der Waals surface area contributed by atoms with Crippen LogP contribution in [0.1, 0.15) is 25.5 Å². The molecule has 0 bridgehead atoms. The molecule has 0 fully saturated rings. The third-order valence-corrected chi connectivity index (χ3v) is 2.98. The topological polar surface area (TPSA) is 120 Å². The van der Waals surface area contributed by atoms with Crippen molar-refractivity contribution in [1.82, 2.24) is 9.78 Å². The van der Waals surface area contributed by atoms with Crippen LogP contribution in [0, 0.1) is 10.1 Å². The van der Waals surface area contributed by atoms with E-state index < -0.39 is 16.9 Å². The zero-order chi connectivity index (χ0) is 16.0. The van der Waals surface area contributed by atoms with Gasteiger partial charge in [-0.2, -0.15) is 5.10 Å². The second kappa shape index (κ2) is 7.58. The quantitative estimate of drug-likeness (QED) is 0.519. The lowest BCUT2D eigenvalue weighted by atomic mass is 10.2. The molecule has 0 radical (unpaired) electrons. The average Bonchev–Trinajstić information content (AvgIpc) is 2.70. The van der Waals surface area contributed by atoms with Crippen LogP contribution in [0.3, 0.4) is 0 Å². The molecule has 0 aliphatic carbocycles. The van der Waals surface area contributed by atoms with Gasteiger partial charge in [-0.3, -0.25) is 10.1 Å². The minimum atomic E-state index is -1.10. The molecule has 21 heavy (non-hydrogen) atoms. The van der Waals surface area contributed by atoms with E-state index in [2.05, 4.69) is 10.4 Å². The highest BCUT2D eigenvalue weighted by molar-refractivity contribution is 5.78. The summed E-state index contributed by atoms with van der Waals surface area (Å²) >= 11 is 0. The highest BCUT2D eigenvalue weighted by atomic mass is 16.6. The minimum Gasteiger partial charge on any atom is -0.480 e. The smallest absolute Gasteiger partial charge is 0.334 e. The van der Waals surface area contributed by atoms with Crippen molar-refractivity contribution in [2.24, 2.45) is 7.05 Å². The van der Waals surface area contributed by atoms with E-state index in [4.69, 9.17) is 4.74 Å². The second-order valence-corrected chi connectivity index (χ2v) is 4.59. The Kier molecular flexibility index (Phi) is 6.10. The van der Waals surface area contributed by atoms with Gasteiger partial charge in [0.2, 0.25) is 5.82 Å². The molecule has 0 aliphatic heterocycles. The van der Waals surface area contributed by atoms with Gasteiger partial charge in [-0.25, -0.2) is 9.48 Å². The summed E-state index contributed by atoms with van der Waals surface area (Å²) < 4.78 is 6.16. The Hall–Kier alpha value is -2.16. The molecular formula is C12H20N4O5. The van der Waals surface area contributed by atoms with E-state index in [0.29, 0.717) is 18.5 Å². The molecule has 1 aromatic heterocycles. The van der Waals surface area contributed by atoms with Gasteiger partial charge in [0.05, 0.1) is 4.92 Å². The number of carboxylic acids is 1. The normalized spacial score (nSPS) is 12.1. The first kappa shape index (κ1) is 16.9. The van der Waals surface area contributed by atoms with Gasteiger partial charge in [0.15, 0.2) is 0 Å². The van der Waals surface area contributed by atoms with Crippen molar-refractivity contribution in [3.05, 3.63) is 15.8 Å². The zero-order valence-corrected chi connectivity index (χ0v) is 12.3. The molecule has 0 aromatic carbocycles. The first-order valence-electron chi connectivity index (χ1n) is 6.60. The molecule has 118 valence electrons. The van der Waals surface area contributed by atoms with E-state index in [1.807, 2.05) is 6.92 Å². The van der Waals surface area contributed by atoms with E-state index in [-0.39, 0.29) is 24.5 Å². The molecule has 1 atom stereocenters. The van der Waals surface area contributed by atoms with Crippen LogP contribution in [0.5, 0.6) is 0 Å². The van der Waals surface area contributed by atoms with Crippen LogP contribution in [0.4, 0.5) is 11.5 Å². The predicted octanol–water partition coefficient (Wildman–Crippen LogP) is 1.18. The fourth-order valence-electron chi connectivity index (χ4n) is 1.99. The number of aryl methyl sites for hydroxylation is 2. The molecule has 1 aromatic rings. The van der Waals surface area contributed by atoms with Gasteiger partial charge in [0.25, 0.3) is 0 Å². The van der Waals surface area contributed by atoms with E-state index in [9.17, 15) is 20.0 Å². The first-order chi connectivity index (χ1) is 9.92. The van der Waals surface area contributed by atoms with Crippen molar-refractivity contribution >= 4 is 17.5 Å². The van der Waals surface area contributed by atoms with Gasteiger partial charge in [0.1, 0.15) is 11.7 Å². The number of nitrogens with one attached hydrogen (secondary N) is 1. The highest BCUT2D eigenvalue weighted by Crippen LogP contribution is 2.29. The second-order valence-electron chi connectivity index (χ2n) is 4.59. The Bertz CT molecular complexity index is 514. The lowest BCUT2D eigenvalue weighted by molar-refractivity contribution is -0.384. The number of hydrogen-bond donors (Lipinski definition) is 2. The number of methoxy groups -OCH3 is 1. The average molecular weight is 300 g/mol. The number of nitrogens with zero attached hydrogens (tertiary/aromatic N) is 3. The lowest BCUT2D eigenvalue weighted by Crippen LogP contribution is -2.31. The van der Waals surface area contributed by atoms with Crippen LogP contribution in [0.15, 0.2) is 0 Å². The monoisotopic (exact) mass is 300 g/mol. The van der Waals surface area contributed by atoms with Gasteiger partial charge in [-0.1, -0.05) is 13.3 Å². The number of rotatable bonds is 9. The number of carbonyl (C=O) groups is 1. The molecule has 9 heteroatoms. The fraction of sp³-hybridized carbons (Fsp3) is 0.667. The number of anilines is 1. The van der Waals surface area contributed by atoms with Crippen molar-refractivity contribution in [2.75, 3.05) is 19.0 Å². The minimum absolute atomic E-state index is 0.104. The summed E-state index contributed by atoms with van der Waals surface area (Å²) in [5.74, 6) is -0.994. The number of ether oxygens (including phenoxy) is 1. The van der Waals surface area contributed by atoms with Crippen molar-refractivity contribution in [3.8, 4) is 0 Å². The van der Waals surface area contributed by atoms with Gasteiger partial charge >= 0.3 is 11.7 Å². The third-order valence-electron chi connectivity index (χ3n) is 2.98. The number of nitro groups is 1. The fourth-order valence-corrected chi connectivity index (χ4v) is 1.99. The summed E-state index contributed by atoms with van der Waals surface area (Å²) in [6.07, 6.45) is 1.36. The summed E-state index contributed by atoms with van der Waals surface area (Å²) in [6.45, 7) is 2.13. The van der Waals surface area contributed by atoms with Crippen LogP contribution in [-0.4, -0.2) is 45.5 Å². The number of carboxylic acid groups (broad SMARTS) is 1. The van der Waals surface area contributed by atoms with Crippen LogP contribution in [0.2, 0.25) is 0 Å². The standard InChI is InChI=1S/C12H20N4O5/c1-4-5-8-10(16(19)20)11(15(2)14-8)13-9(12(17)18)6-7-21-3/h9,13H,4-7H2,1-3H3,(H,17,18). The molecule has 1 rings (SSSR count). The highest BCUT2D eigenvalue weighted by Gasteiger charge is 2.29. The van der Waals surface area contributed by atoms with Crippen LogP contribution in [0.25, 0.3) is 0 Å². The van der Waals surface area contributed by atoms with Crippen molar-refractivity contribution in [2.45, 2.75) is 32.2 Å². The Morgan fingerprint density at radius 1 is 1.62 bits per heavy atom. The number of aliphatic carboxylic acids is 1. The van der Waals surface area contributed by atoms with Crippen molar-refractivity contribution < 1.29 is 19.6 Å². The molecule has 0 saturated heterocycles. The zero-order valence-electron chi connectivity index (χ0n) is 12.3. The Balaban J connectivity index is 3.10. The largest absolute Gasteiger partial charge is 0.480 e. The SMILES string of the molecule is CCCc1nn(C)c(NC(CCOC)C(=O)O)c1[N+](=O)[O-]. The summed E-state index contributed by atoms with van der Waals surface area (Å²) in [7, 11) is 3.01. The van der Waals surface area contributed by atoms with Gasteiger partial charge < -0.3 is 15.2 Å². The molecule has 1 heterocycles. The van der Waals surface area contributed by atoms with E-state index in [1.54, 1.807) is 7.05 Å². The maximum Gasteiger partial charge on any atom is 0.334 e. The van der Waals surface area contributed by atoms with E-state index in [0.717, 1.165) is 0 Å². The third kappa shape index (κ3) is 4.15. The lowest BCUT2D eigenvalue weighted by Gasteiger charge is -2.14. The Labute approximate surface area is 122 Å². The van der Waals surface area contributed by atoms with Gasteiger partial charge in [-0.15, -0.1) is 0 Å². The molecular weight excluding hydrogens is 280 g/mol. The molecule has 9 nitrogen and oxygen atoms in total. The summed E-state index contributed by atoms with van der Waals surface area (Å²) in [5.41, 5.74) is 0.186. The summed E-state index contributed by atoms with van der Waals surface area (Å²) in [5, 5.41) is 27.2. The first-order valence-corrected chi connectivity index (χ1v) is 6.60.